The van der Waals surface area contributed by atoms with E-state index >= 15 is 0 Å². The van der Waals surface area contributed by atoms with Crippen LogP contribution >= 0.6 is 0 Å². The minimum Gasteiger partial charge on any atom is -0.381 e. The van der Waals surface area contributed by atoms with Gasteiger partial charge in [-0.3, -0.25) is 0 Å². The van der Waals surface area contributed by atoms with Crippen molar-refractivity contribution in [2.24, 2.45) is 0 Å². The average molecular weight is 72.1 g/mol. The third kappa shape index (κ3) is 0.618. The van der Waals surface area contributed by atoms with E-state index in [1.165, 1.54) is 12.8 Å². The van der Waals surface area contributed by atoms with Gasteiger partial charge in [0.15, 0.2) is 0 Å². The molecule has 1 aliphatic rings. The normalized spacial score (nSPS) is 24.0. The van der Waals surface area contributed by atoms with Gasteiger partial charge in [-0.25, -0.2) is 0 Å². The van der Waals surface area contributed by atoms with Crippen LogP contribution in [-0.2, 0) is 4.74 Å². The molecule has 0 aromatic rings. The number of hydrogen-bond donors (Lipinski definition) is 0. The van der Waals surface area contributed by atoms with Gasteiger partial charge in [0.05, 0.1) is 0 Å². The molecule has 0 radical (unpaired) electrons. The average Bonchev–Trinajstić information content (AvgIpc) is 1.76. The second kappa shape index (κ2) is 1.41. The van der Waals surface area contributed by atoms with E-state index in [4.69, 9.17) is 4.74 Å². The maximum Gasteiger partial charge on any atom is 0.0466 e. The van der Waals surface area contributed by atoms with E-state index in [1.807, 2.05) is 0 Å². The van der Waals surface area contributed by atoms with Gasteiger partial charge in [-0.2, -0.15) is 0 Å². The Bertz CT molecular complexity index is 15.2. The predicted octanol–water partition coefficient (Wildman–Crippen LogP) is 0.797. The van der Waals surface area contributed by atoms with E-state index in [-0.39, 0.29) is 0 Å². The SMILES string of the molecule is C1C[12CH2]OC1. The lowest BCUT2D eigenvalue weighted by Crippen LogP contribution is -1.74. The number of hydrogen-bond acceptors (Lipinski definition) is 1. The fourth-order valence-electron chi connectivity index (χ4n) is 0.510. The van der Waals surface area contributed by atoms with Crippen LogP contribution in [0.3, 0.4) is 0 Å². The molecule has 0 N–H and O–H groups in total. The first-order valence-corrected chi connectivity index (χ1v) is 2.08. The van der Waals surface area contributed by atoms with Crippen LogP contribution in [-0.4, -0.2) is 13.2 Å². The van der Waals surface area contributed by atoms with Crippen molar-refractivity contribution < 1.29 is 4.74 Å². The Morgan fingerprint density at radius 3 is 1.80 bits per heavy atom. The van der Waals surface area contributed by atoms with Gasteiger partial charge >= 0.3 is 0 Å². The van der Waals surface area contributed by atoms with Crippen molar-refractivity contribution in [3.63, 3.8) is 0 Å². The molecule has 0 spiro atoms. The van der Waals surface area contributed by atoms with Crippen molar-refractivity contribution in [3.8, 4) is 0 Å². The first-order valence-electron chi connectivity index (χ1n) is 2.08. The van der Waals surface area contributed by atoms with Gasteiger partial charge < -0.3 is 4.74 Å². The van der Waals surface area contributed by atoms with Crippen LogP contribution in [0.1, 0.15) is 12.8 Å². The molecule has 0 unspecified atom stereocenters. The molecule has 0 amide bonds. The van der Waals surface area contributed by atoms with Crippen molar-refractivity contribution in [3.05, 3.63) is 0 Å². The lowest BCUT2D eigenvalue weighted by Gasteiger charge is -1.76. The minimum absolute atomic E-state index is 1.00. The molecule has 1 heteroatoms. The van der Waals surface area contributed by atoms with E-state index in [9.17, 15) is 0 Å². The summed E-state index contributed by atoms with van der Waals surface area (Å²) < 4.78 is 4.94. The molecule has 1 rings (SSSR count). The summed E-state index contributed by atoms with van der Waals surface area (Å²) in [4.78, 5) is 0. The Hall–Kier alpha value is -0.0400. The number of ether oxygens (including phenoxy) is 1. The molecule has 0 saturated carbocycles. The minimum atomic E-state index is 1.00. The highest BCUT2D eigenvalue weighted by atomic mass is 16.5. The smallest absolute Gasteiger partial charge is 0.0466 e. The van der Waals surface area contributed by atoms with Crippen molar-refractivity contribution in [2.75, 3.05) is 13.2 Å². The van der Waals surface area contributed by atoms with Crippen molar-refractivity contribution in [1.82, 2.24) is 0 Å². The molecule has 5 heavy (non-hydrogen) atoms. The summed E-state index contributed by atoms with van der Waals surface area (Å²) in [6, 6.07) is 0. The standard InChI is InChI=1S/C4H8O/c1-2-4-5-3-1/h1-4H2/i3+0. The quantitative estimate of drug-likeness (QED) is 0.411. The lowest BCUT2D eigenvalue weighted by atomic mass is 10.4. The van der Waals surface area contributed by atoms with E-state index in [0.717, 1.165) is 13.2 Å². The van der Waals surface area contributed by atoms with Gasteiger partial charge in [0.2, 0.25) is 0 Å². The Morgan fingerprint density at radius 1 is 1.00 bits per heavy atom. The summed E-state index contributed by atoms with van der Waals surface area (Å²) in [5.74, 6) is 0. The van der Waals surface area contributed by atoms with Gasteiger partial charge in [-0.15, -0.1) is 0 Å². The Morgan fingerprint density at radius 2 is 1.60 bits per heavy atom. The molecule has 0 aromatic heterocycles. The topological polar surface area (TPSA) is 9.23 Å². The molecule has 0 bridgehead atoms. The maximum atomic E-state index is 4.94. The molecule has 0 atom stereocenters. The zero-order valence-corrected chi connectivity index (χ0v) is 3.24. The highest BCUT2D eigenvalue weighted by Crippen LogP contribution is 1.98. The van der Waals surface area contributed by atoms with Crippen LogP contribution in [0.15, 0.2) is 0 Å². The van der Waals surface area contributed by atoms with Gasteiger partial charge in [-0.1, -0.05) is 0 Å². The van der Waals surface area contributed by atoms with Crippen LogP contribution in [0, 0.1) is 0 Å². The van der Waals surface area contributed by atoms with Gasteiger partial charge in [-0.05, 0) is 12.8 Å². The monoisotopic (exact) mass is 72.1 g/mol. The molecule has 1 nitrogen and oxygen atoms in total. The summed E-state index contributed by atoms with van der Waals surface area (Å²) in [5.41, 5.74) is 0. The molecule has 1 aliphatic heterocycles. The largest absolute Gasteiger partial charge is 0.381 e. The molecule has 1 fully saturated rings. The predicted molar refractivity (Wildman–Crippen MR) is 20.1 cm³/mol. The van der Waals surface area contributed by atoms with Gasteiger partial charge in [0.25, 0.3) is 0 Å². The van der Waals surface area contributed by atoms with Crippen LogP contribution in [0.2, 0.25) is 0 Å². The maximum absolute atomic E-state index is 4.94. The zero-order valence-electron chi connectivity index (χ0n) is 3.24. The van der Waals surface area contributed by atoms with Crippen LogP contribution in [0.25, 0.3) is 0 Å². The van der Waals surface area contributed by atoms with E-state index in [2.05, 4.69) is 0 Å². The summed E-state index contributed by atoms with van der Waals surface area (Å²) in [6.45, 7) is 2.00. The first-order chi connectivity index (χ1) is 2.50. The Labute approximate surface area is 31.9 Å². The lowest BCUT2D eigenvalue weighted by molar-refractivity contribution is 0.198. The summed E-state index contributed by atoms with van der Waals surface area (Å²) in [6.07, 6.45) is 2.56. The molecule has 1 heterocycles. The third-order valence-corrected chi connectivity index (χ3v) is 0.827. The molecule has 1 saturated heterocycles. The Balaban J connectivity index is 2.08. The fourth-order valence-corrected chi connectivity index (χ4v) is 0.510. The highest BCUT2D eigenvalue weighted by molar-refractivity contribution is 4.43. The third-order valence-electron chi connectivity index (χ3n) is 0.827. The van der Waals surface area contributed by atoms with Gasteiger partial charge in [0, 0.05) is 13.2 Å². The van der Waals surface area contributed by atoms with Crippen LogP contribution in [0.5, 0.6) is 0 Å². The Kier molecular flexibility index (Phi) is 0.892. The molecule has 30 valence electrons. The van der Waals surface area contributed by atoms with Crippen molar-refractivity contribution in [1.29, 1.82) is 0 Å². The fraction of sp³-hybridized carbons (Fsp3) is 1.00. The van der Waals surface area contributed by atoms with E-state index in [0.29, 0.717) is 0 Å². The van der Waals surface area contributed by atoms with Crippen molar-refractivity contribution in [2.45, 2.75) is 12.8 Å². The second-order valence-electron chi connectivity index (χ2n) is 1.32. The highest BCUT2D eigenvalue weighted by Gasteiger charge is 1.94. The van der Waals surface area contributed by atoms with Crippen LogP contribution in [0.4, 0.5) is 0 Å². The van der Waals surface area contributed by atoms with Crippen molar-refractivity contribution >= 4 is 0 Å². The molecular formula is C4H8O. The van der Waals surface area contributed by atoms with Crippen LogP contribution < -0.4 is 0 Å². The summed E-state index contributed by atoms with van der Waals surface area (Å²) in [7, 11) is 0. The summed E-state index contributed by atoms with van der Waals surface area (Å²) >= 11 is 0. The number of rotatable bonds is 0. The molecule has 0 aromatic carbocycles. The second-order valence-corrected chi connectivity index (χ2v) is 1.32. The molecular weight excluding hydrogens is 64.0 g/mol. The first kappa shape index (κ1) is 3.16. The molecule has 0 aliphatic carbocycles. The summed E-state index contributed by atoms with van der Waals surface area (Å²) in [5, 5.41) is 0. The van der Waals surface area contributed by atoms with Gasteiger partial charge in [0.1, 0.15) is 0 Å². The van der Waals surface area contributed by atoms with E-state index in [1.54, 1.807) is 0 Å². The van der Waals surface area contributed by atoms with E-state index < -0.39 is 0 Å². The zero-order chi connectivity index (χ0) is 3.54.